The van der Waals surface area contributed by atoms with E-state index in [2.05, 4.69) is 5.32 Å². The van der Waals surface area contributed by atoms with Crippen molar-refractivity contribution in [2.75, 3.05) is 40.0 Å². The van der Waals surface area contributed by atoms with Crippen molar-refractivity contribution >= 4 is 0 Å². The fraction of sp³-hybridized carbons (Fsp3) is 1.00. The number of aliphatic hydroxyl groups excluding tert-OH is 2. The van der Waals surface area contributed by atoms with E-state index in [1.54, 1.807) is 7.11 Å². The van der Waals surface area contributed by atoms with E-state index in [-0.39, 0.29) is 6.10 Å². The Kier molecular flexibility index (Phi) is 7.72. The van der Waals surface area contributed by atoms with Crippen LogP contribution in [0.2, 0.25) is 0 Å². The molecule has 0 radical (unpaired) electrons. The van der Waals surface area contributed by atoms with Gasteiger partial charge in [0.2, 0.25) is 0 Å². The highest BCUT2D eigenvalue weighted by molar-refractivity contribution is 4.78. The lowest BCUT2D eigenvalue weighted by atomic mass is 10.1. The van der Waals surface area contributed by atoms with Gasteiger partial charge in [0.15, 0.2) is 0 Å². The lowest BCUT2D eigenvalue weighted by molar-refractivity contribution is 0.0130. The molecule has 0 aromatic carbocycles. The maximum Gasteiger partial charge on any atom is 0.0897 e. The molecule has 1 aliphatic carbocycles. The number of ether oxygens (including phenoxy) is 2. The Morgan fingerprint density at radius 3 is 2.82 bits per heavy atom. The summed E-state index contributed by atoms with van der Waals surface area (Å²) in [6.07, 6.45) is 2.43. The number of rotatable bonds is 9. The Labute approximate surface area is 103 Å². The van der Waals surface area contributed by atoms with Crippen LogP contribution in [0.3, 0.4) is 0 Å². The first-order valence-corrected chi connectivity index (χ1v) is 6.37. The van der Waals surface area contributed by atoms with Gasteiger partial charge in [-0.15, -0.1) is 0 Å². The van der Waals surface area contributed by atoms with E-state index in [0.717, 1.165) is 25.8 Å². The molecule has 5 nitrogen and oxygen atoms in total. The van der Waals surface area contributed by atoms with E-state index in [1.807, 2.05) is 0 Å². The predicted octanol–water partition coefficient (Wildman–Crippen LogP) is -0.239. The monoisotopic (exact) mass is 247 g/mol. The number of hydrogen-bond donors (Lipinski definition) is 3. The zero-order valence-corrected chi connectivity index (χ0v) is 10.6. The molecular formula is C12H25NO4. The highest BCUT2D eigenvalue weighted by Crippen LogP contribution is 2.24. The second kappa shape index (κ2) is 8.83. The average molecular weight is 247 g/mol. The van der Waals surface area contributed by atoms with Crippen molar-refractivity contribution < 1.29 is 19.7 Å². The Balaban J connectivity index is 1.94. The van der Waals surface area contributed by atoms with Gasteiger partial charge in [0.05, 0.1) is 32.0 Å². The van der Waals surface area contributed by atoms with Crippen LogP contribution >= 0.6 is 0 Å². The van der Waals surface area contributed by atoms with Crippen LogP contribution in [0.15, 0.2) is 0 Å². The van der Waals surface area contributed by atoms with E-state index in [9.17, 15) is 10.2 Å². The number of methoxy groups -OCH3 is 1. The molecule has 0 heterocycles. The zero-order chi connectivity index (χ0) is 12.5. The molecule has 1 aliphatic rings. The minimum absolute atomic E-state index is 0.169. The van der Waals surface area contributed by atoms with Gasteiger partial charge in [-0.2, -0.15) is 0 Å². The SMILES string of the molecule is COCCOCC(O)CNCC1CCCC1O. The van der Waals surface area contributed by atoms with E-state index >= 15 is 0 Å². The fourth-order valence-electron chi connectivity index (χ4n) is 2.11. The summed E-state index contributed by atoms with van der Waals surface area (Å²) in [5.74, 6) is 0.344. The van der Waals surface area contributed by atoms with Crippen molar-refractivity contribution in [1.29, 1.82) is 0 Å². The predicted molar refractivity (Wildman–Crippen MR) is 64.9 cm³/mol. The van der Waals surface area contributed by atoms with Crippen LogP contribution < -0.4 is 5.32 Å². The molecule has 1 rings (SSSR count). The van der Waals surface area contributed by atoms with Crippen molar-refractivity contribution in [2.45, 2.75) is 31.5 Å². The second-order valence-corrected chi connectivity index (χ2v) is 4.64. The molecule has 17 heavy (non-hydrogen) atoms. The van der Waals surface area contributed by atoms with Crippen LogP contribution in [0.25, 0.3) is 0 Å². The first-order chi connectivity index (χ1) is 8.24. The molecule has 0 amide bonds. The lowest BCUT2D eigenvalue weighted by Gasteiger charge is -2.17. The van der Waals surface area contributed by atoms with Gasteiger partial charge >= 0.3 is 0 Å². The van der Waals surface area contributed by atoms with Crippen molar-refractivity contribution in [3.63, 3.8) is 0 Å². The molecule has 3 unspecified atom stereocenters. The lowest BCUT2D eigenvalue weighted by Crippen LogP contribution is -2.35. The van der Waals surface area contributed by atoms with Crippen LogP contribution in [-0.4, -0.2) is 62.4 Å². The molecule has 0 aliphatic heterocycles. The van der Waals surface area contributed by atoms with Gasteiger partial charge in [-0.25, -0.2) is 0 Å². The molecule has 0 bridgehead atoms. The second-order valence-electron chi connectivity index (χ2n) is 4.64. The third-order valence-electron chi connectivity index (χ3n) is 3.15. The summed E-state index contributed by atoms with van der Waals surface area (Å²) in [5, 5.41) is 22.4. The highest BCUT2D eigenvalue weighted by atomic mass is 16.5. The quantitative estimate of drug-likeness (QED) is 0.491. The number of hydrogen-bond acceptors (Lipinski definition) is 5. The van der Waals surface area contributed by atoms with Gasteiger partial charge in [-0.1, -0.05) is 6.42 Å². The van der Waals surface area contributed by atoms with E-state index in [4.69, 9.17) is 9.47 Å². The Morgan fingerprint density at radius 1 is 1.35 bits per heavy atom. The summed E-state index contributed by atoms with van der Waals surface area (Å²) < 4.78 is 10.0. The molecular weight excluding hydrogens is 222 g/mol. The number of aliphatic hydroxyl groups is 2. The molecule has 0 saturated heterocycles. The molecule has 0 aromatic heterocycles. The Bertz CT molecular complexity index is 191. The maximum atomic E-state index is 9.61. The summed E-state index contributed by atoms with van der Waals surface area (Å²) in [5.41, 5.74) is 0. The summed E-state index contributed by atoms with van der Waals surface area (Å²) in [6, 6.07) is 0. The van der Waals surface area contributed by atoms with Gasteiger partial charge in [0.25, 0.3) is 0 Å². The molecule has 0 spiro atoms. The molecule has 0 aromatic rings. The van der Waals surface area contributed by atoms with Gasteiger partial charge in [0.1, 0.15) is 0 Å². The van der Waals surface area contributed by atoms with Crippen molar-refractivity contribution in [2.24, 2.45) is 5.92 Å². The smallest absolute Gasteiger partial charge is 0.0897 e. The minimum Gasteiger partial charge on any atom is -0.393 e. The average Bonchev–Trinajstić information content (AvgIpc) is 2.71. The van der Waals surface area contributed by atoms with Gasteiger partial charge < -0.3 is 25.0 Å². The van der Waals surface area contributed by atoms with Gasteiger partial charge in [0, 0.05) is 20.2 Å². The maximum absolute atomic E-state index is 9.61. The summed E-state index contributed by atoms with van der Waals surface area (Å²) in [6.45, 7) is 2.67. The third kappa shape index (κ3) is 6.33. The Morgan fingerprint density at radius 2 is 2.18 bits per heavy atom. The third-order valence-corrected chi connectivity index (χ3v) is 3.15. The minimum atomic E-state index is -0.495. The van der Waals surface area contributed by atoms with E-state index in [1.165, 1.54) is 0 Å². The number of nitrogens with one attached hydrogen (secondary N) is 1. The summed E-state index contributed by atoms with van der Waals surface area (Å²) >= 11 is 0. The van der Waals surface area contributed by atoms with Crippen LogP contribution in [0.1, 0.15) is 19.3 Å². The molecule has 1 fully saturated rings. The normalized spacial score (nSPS) is 26.3. The fourth-order valence-corrected chi connectivity index (χ4v) is 2.11. The summed E-state index contributed by atoms with van der Waals surface area (Å²) in [4.78, 5) is 0. The van der Waals surface area contributed by atoms with Crippen LogP contribution in [-0.2, 0) is 9.47 Å². The van der Waals surface area contributed by atoms with Crippen LogP contribution in [0.4, 0.5) is 0 Å². The molecule has 1 saturated carbocycles. The molecule has 3 N–H and O–H groups in total. The summed E-state index contributed by atoms with van der Waals surface area (Å²) in [7, 11) is 1.62. The molecule has 5 heteroatoms. The van der Waals surface area contributed by atoms with Crippen LogP contribution in [0.5, 0.6) is 0 Å². The topological polar surface area (TPSA) is 71.0 Å². The first kappa shape index (κ1) is 14.9. The van der Waals surface area contributed by atoms with Crippen molar-refractivity contribution in [3.8, 4) is 0 Å². The van der Waals surface area contributed by atoms with Crippen LogP contribution in [0, 0.1) is 5.92 Å². The van der Waals surface area contributed by atoms with Gasteiger partial charge in [-0.3, -0.25) is 0 Å². The molecule has 3 atom stereocenters. The molecule has 102 valence electrons. The highest BCUT2D eigenvalue weighted by Gasteiger charge is 2.24. The van der Waals surface area contributed by atoms with E-state index in [0.29, 0.717) is 32.3 Å². The van der Waals surface area contributed by atoms with Crippen molar-refractivity contribution in [1.82, 2.24) is 5.32 Å². The standard InChI is InChI=1S/C12H25NO4/c1-16-5-6-17-9-11(14)8-13-7-10-3-2-4-12(10)15/h10-15H,2-9H2,1H3. The first-order valence-electron chi connectivity index (χ1n) is 6.37. The Hall–Kier alpha value is -0.200. The van der Waals surface area contributed by atoms with Crippen molar-refractivity contribution in [3.05, 3.63) is 0 Å². The van der Waals surface area contributed by atoms with E-state index < -0.39 is 6.10 Å². The zero-order valence-electron chi connectivity index (χ0n) is 10.6. The van der Waals surface area contributed by atoms with Gasteiger partial charge in [-0.05, 0) is 18.8 Å². The largest absolute Gasteiger partial charge is 0.393 e.